The van der Waals surface area contributed by atoms with E-state index < -0.39 is 0 Å². The van der Waals surface area contributed by atoms with E-state index in [0.717, 1.165) is 4.90 Å². The Morgan fingerprint density at radius 3 is 2.89 bits per heavy atom. The van der Waals surface area contributed by atoms with Gasteiger partial charge in [-0.15, -0.1) is 11.8 Å². The topological polar surface area (TPSA) is 39.2 Å². The summed E-state index contributed by atoms with van der Waals surface area (Å²) in [5.41, 5.74) is 1.78. The second kappa shape index (κ2) is 6.38. The van der Waals surface area contributed by atoms with Gasteiger partial charge in [0.15, 0.2) is 5.78 Å². The van der Waals surface area contributed by atoms with Crippen molar-refractivity contribution in [3.63, 3.8) is 0 Å². The highest BCUT2D eigenvalue weighted by Gasteiger charge is 2.08. The van der Waals surface area contributed by atoms with Crippen molar-refractivity contribution in [1.82, 2.24) is 4.98 Å². The third-order valence-electron chi connectivity index (χ3n) is 2.63. The van der Waals surface area contributed by atoms with Crippen LogP contribution in [0.5, 0.6) is 5.75 Å². The minimum Gasteiger partial charge on any atom is -0.495 e. The van der Waals surface area contributed by atoms with Gasteiger partial charge in [-0.25, -0.2) is 0 Å². The van der Waals surface area contributed by atoms with Gasteiger partial charge in [-0.05, 0) is 25.1 Å². The normalized spacial score (nSPS) is 10.2. The largest absolute Gasteiger partial charge is 0.495 e. The monoisotopic (exact) mass is 273 g/mol. The van der Waals surface area contributed by atoms with Gasteiger partial charge in [-0.3, -0.25) is 9.78 Å². The molecule has 0 saturated heterocycles. The Kier molecular flexibility index (Phi) is 4.58. The molecule has 1 aromatic carbocycles. The van der Waals surface area contributed by atoms with Crippen molar-refractivity contribution in [2.24, 2.45) is 0 Å². The number of methoxy groups -OCH3 is 1. The van der Waals surface area contributed by atoms with Crippen LogP contribution in [-0.2, 0) is 0 Å². The first-order valence-electron chi connectivity index (χ1n) is 5.91. The van der Waals surface area contributed by atoms with E-state index in [1.807, 2.05) is 25.1 Å². The van der Waals surface area contributed by atoms with Crippen molar-refractivity contribution >= 4 is 17.5 Å². The maximum absolute atomic E-state index is 12.1. The number of nitrogens with zero attached hydrogens (tertiary/aromatic N) is 1. The maximum atomic E-state index is 12.1. The lowest BCUT2D eigenvalue weighted by molar-refractivity contribution is 0.102. The zero-order chi connectivity index (χ0) is 13.7. The lowest BCUT2D eigenvalue weighted by atomic mass is 10.2. The van der Waals surface area contributed by atoms with E-state index in [-0.39, 0.29) is 5.78 Å². The molecule has 0 amide bonds. The van der Waals surface area contributed by atoms with E-state index in [4.69, 9.17) is 4.74 Å². The molecule has 3 nitrogen and oxygen atoms in total. The Labute approximate surface area is 117 Å². The van der Waals surface area contributed by atoms with Crippen LogP contribution in [0.1, 0.15) is 15.9 Å². The summed E-state index contributed by atoms with van der Waals surface area (Å²) >= 11 is 1.53. The number of thioether (sulfide) groups is 1. The molecule has 0 aliphatic heterocycles. The molecule has 1 heterocycles. The van der Waals surface area contributed by atoms with Crippen LogP contribution >= 0.6 is 11.8 Å². The number of Topliss-reactive ketones (excluding diaryl/α,β-unsaturated/α-hetero) is 1. The number of ether oxygens (including phenoxy) is 1. The van der Waals surface area contributed by atoms with Gasteiger partial charge < -0.3 is 4.74 Å². The van der Waals surface area contributed by atoms with Crippen LogP contribution in [0.4, 0.5) is 0 Å². The highest BCUT2D eigenvalue weighted by molar-refractivity contribution is 8.00. The summed E-state index contributed by atoms with van der Waals surface area (Å²) in [6.07, 6.45) is 3.16. The van der Waals surface area contributed by atoms with E-state index >= 15 is 0 Å². The molecule has 0 bridgehead atoms. The van der Waals surface area contributed by atoms with Gasteiger partial charge in [0.25, 0.3) is 0 Å². The molecule has 2 aromatic rings. The van der Waals surface area contributed by atoms with Gasteiger partial charge in [0.1, 0.15) is 5.75 Å². The average molecular weight is 273 g/mol. The summed E-state index contributed by atoms with van der Waals surface area (Å²) in [7, 11) is 1.56. The van der Waals surface area contributed by atoms with Crippen molar-refractivity contribution < 1.29 is 9.53 Å². The van der Waals surface area contributed by atoms with E-state index in [9.17, 15) is 4.79 Å². The zero-order valence-electron chi connectivity index (χ0n) is 10.9. The van der Waals surface area contributed by atoms with Crippen molar-refractivity contribution in [2.75, 3.05) is 12.9 Å². The number of rotatable bonds is 5. The van der Waals surface area contributed by atoms with E-state index in [1.54, 1.807) is 25.6 Å². The second-order valence-electron chi connectivity index (χ2n) is 4.14. The highest BCUT2D eigenvalue weighted by Crippen LogP contribution is 2.21. The lowest BCUT2D eigenvalue weighted by Gasteiger charge is -2.04. The fourth-order valence-electron chi connectivity index (χ4n) is 1.62. The van der Waals surface area contributed by atoms with Crippen LogP contribution in [0.2, 0.25) is 0 Å². The Morgan fingerprint density at radius 1 is 1.32 bits per heavy atom. The molecule has 0 saturated carbocycles. The number of carbonyl (C=O) groups excluding carboxylic acids is 1. The molecule has 0 spiro atoms. The lowest BCUT2D eigenvalue weighted by Crippen LogP contribution is -2.03. The number of ketones is 1. The number of hydrogen-bond acceptors (Lipinski definition) is 4. The summed E-state index contributed by atoms with van der Waals surface area (Å²) < 4.78 is 5.06. The molecule has 0 unspecified atom stereocenters. The maximum Gasteiger partial charge on any atom is 0.174 e. The third kappa shape index (κ3) is 3.83. The Hall–Kier alpha value is -1.81. The standard InChI is InChI=1S/C15H15NO2S/c1-11-4-3-5-14(6-11)19-10-15(17)12-7-13(18-2)9-16-8-12/h3-9H,10H2,1-2H3. The summed E-state index contributed by atoms with van der Waals surface area (Å²) in [6, 6.07) is 9.83. The number of aromatic nitrogens is 1. The molecule has 0 aliphatic carbocycles. The first kappa shape index (κ1) is 13.6. The molecule has 19 heavy (non-hydrogen) atoms. The van der Waals surface area contributed by atoms with Gasteiger partial charge in [0, 0.05) is 16.7 Å². The van der Waals surface area contributed by atoms with Crippen LogP contribution in [0.3, 0.4) is 0 Å². The van der Waals surface area contributed by atoms with Crippen LogP contribution < -0.4 is 4.74 Å². The molecular weight excluding hydrogens is 258 g/mol. The van der Waals surface area contributed by atoms with Crippen molar-refractivity contribution in [3.05, 3.63) is 53.9 Å². The molecule has 0 aliphatic rings. The van der Waals surface area contributed by atoms with Crippen molar-refractivity contribution in [1.29, 1.82) is 0 Å². The van der Waals surface area contributed by atoms with Gasteiger partial charge in [-0.1, -0.05) is 17.7 Å². The van der Waals surface area contributed by atoms with Gasteiger partial charge in [0.2, 0.25) is 0 Å². The Balaban J connectivity index is 2.01. The van der Waals surface area contributed by atoms with Crippen LogP contribution in [0.15, 0.2) is 47.6 Å². The average Bonchev–Trinajstić information content (AvgIpc) is 2.45. The van der Waals surface area contributed by atoms with E-state index in [2.05, 4.69) is 11.1 Å². The quantitative estimate of drug-likeness (QED) is 0.618. The number of hydrogen-bond donors (Lipinski definition) is 0. The summed E-state index contributed by atoms with van der Waals surface area (Å²) in [4.78, 5) is 17.1. The molecule has 0 N–H and O–H groups in total. The minimum atomic E-state index is 0.0536. The SMILES string of the molecule is COc1cncc(C(=O)CSc2cccc(C)c2)c1. The Bertz CT molecular complexity index is 584. The molecule has 0 fully saturated rings. The van der Waals surface area contributed by atoms with Gasteiger partial charge >= 0.3 is 0 Å². The van der Waals surface area contributed by atoms with E-state index in [1.165, 1.54) is 17.3 Å². The molecular formula is C15H15NO2S. The molecule has 2 rings (SSSR count). The first-order valence-corrected chi connectivity index (χ1v) is 6.89. The fourth-order valence-corrected chi connectivity index (χ4v) is 2.53. The number of pyridine rings is 1. The number of benzene rings is 1. The highest BCUT2D eigenvalue weighted by atomic mass is 32.2. The minimum absolute atomic E-state index is 0.0536. The van der Waals surface area contributed by atoms with Gasteiger partial charge in [0.05, 0.1) is 19.1 Å². The smallest absolute Gasteiger partial charge is 0.174 e. The molecule has 98 valence electrons. The molecule has 0 radical (unpaired) electrons. The molecule has 1 aromatic heterocycles. The Morgan fingerprint density at radius 2 is 2.16 bits per heavy atom. The van der Waals surface area contributed by atoms with E-state index in [0.29, 0.717) is 17.1 Å². The second-order valence-corrected chi connectivity index (χ2v) is 5.19. The number of carbonyl (C=O) groups is 1. The fraction of sp³-hybridized carbons (Fsp3) is 0.200. The van der Waals surface area contributed by atoms with Crippen molar-refractivity contribution in [2.45, 2.75) is 11.8 Å². The molecule has 4 heteroatoms. The predicted molar refractivity (Wildman–Crippen MR) is 77.0 cm³/mol. The predicted octanol–water partition coefficient (Wildman–Crippen LogP) is 3.37. The summed E-state index contributed by atoms with van der Waals surface area (Å²) in [6.45, 7) is 2.04. The summed E-state index contributed by atoms with van der Waals surface area (Å²) in [5, 5.41) is 0. The summed E-state index contributed by atoms with van der Waals surface area (Å²) in [5.74, 6) is 1.06. The van der Waals surface area contributed by atoms with Crippen LogP contribution in [0.25, 0.3) is 0 Å². The van der Waals surface area contributed by atoms with Crippen molar-refractivity contribution in [3.8, 4) is 5.75 Å². The third-order valence-corrected chi connectivity index (χ3v) is 3.62. The molecule has 0 atom stereocenters. The van der Waals surface area contributed by atoms with Crippen LogP contribution in [-0.4, -0.2) is 23.6 Å². The zero-order valence-corrected chi connectivity index (χ0v) is 11.7. The van der Waals surface area contributed by atoms with Gasteiger partial charge in [-0.2, -0.15) is 0 Å². The van der Waals surface area contributed by atoms with Crippen LogP contribution in [0, 0.1) is 6.92 Å². The first-order chi connectivity index (χ1) is 9.19. The number of aryl methyl sites for hydroxylation is 1.